The third-order valence-corrected chi connectivity index (χ3v) is 5.58. The fourth-order valence-corrected chi connectivity index (χ4v) is 4.24. The smallest absolute Gasteiger partial charge is 0.125 e. The zero-order chi connectivity index (χ0) is 15.5. The quantitative estimate of drug-likeness (QED) is 0.898. The highest BCUT2D eigenvalue weighted by molar-refractivity contribution is 5.33. The Balaban J connectivity index is 1.27. The molecule has 0 saturated carbocycles. The molecular formula is C18H27N3O2. The molecule has 4 heterocycles. The second kappa shape index (κ2) is 7.16. The molecule has 126 valence electrons. The third kappa shape index (κ3) is 3.67. The van der Waals surface area contributed by atoms with E-state index in [1.807, 2.05) is 24.4 Å². The van der Waals surface area contributed by atoms with Gasteiger partial charge in [-0.3, -0.25) is 0 Å². The van der Waals surface area contributed by atoms with Gasteiger partial charge in [0.05, 0.1) is 12.7 Å². The van der Waals surface area contributed by atoms with Gasteiger partial charge in [-0.1, -0.05) is 6.07 Å². The lowest BCUT2D eigenvalue weighted by atomic mass is 9.93. The van der Waals surface area contributed by atoms with Crippen molar-refractivity contribution < 1.29 is 9.47 Å². The summed E-state index contributed by atoms with van der Waals surface area (Å²) in [6.07, 6.45) is 4.71. The van der Waals surface area contributed by atoms with Crippen molar-refractivity contribution in [3.05, 3.63) is 24.4 Å². The molecule has 1 N–H and O–H groups in total. The highest BCUT2D eigenvalue weighted by Gasteiger charge is 2.43. The van der Waals surface area contributed by atoms with E-state index < -0.39 is 0 Å². The summed E-state index contributed by atoms with van der Waals surface area (Å²) in [5.41, 5.74) is 0. The molecule has 3 aliphatic rings. The minimum absolute atomic E-state index is 0.436. The lowest BCUT2D eigenvalue weighted by Crippen LogP contribution is -2.33. The molecule has 23 heavy (non-hydrogen) atoms. The number of pyridine rings is 1. The molecule has 5 nitrogen and oxygen atoms in total. The Bertz CT molecular complexity index is 492. The number of anilines is 1. The van der Waals surface area contributed by atoms with Crippen LogP contribution in [-0.2, 0) is 9.47 Å². The van der Waals surface area contributed by atoms with Crippen molar-refractivity contribution in [2.45, 2.75) is 18.9 Å². The number of aromatic nitrogens is 1. The highest BCUT2D eigenvalue weighted by atomic mass is 16.5. The van der Waals surface area contributed by atoms with Crippen LogP contribution in [0.2, 0.25) is 0 Å². The van der Waals surface area contributed by atoms with Crippen molar-refractivity contribution in [2.75, 3.05) is 51.3 Å². The molecule has 3 fully saturated rings. The molecule has 1 aromatic heterocycles. The van der Waals surface area contributed by atoms with Crippen LogP contribution in [0.25, 0.3) is 0 Å². The van der Waals surface area contributed by atoms with E-state index in [0.29, 0.717) is 17.9 Å². The van der Waals surface area contributed by atoms with Crippen molar-refractivity contribution >= 4 is 5.82 Å². The molecule has 3 aliphatic heterocycles. The average molecular weight is 317 g/mol. The second-order valence-electron chi connectivity index (χ2n) is 7.17. The first kappa shape index (κ1) is 15.4. The van der Waals surface area contributed by atoms with Gasteiger partial charge in [0.1, 0.15) is 5.82 Å². The first-order valence-electron chi connectivity index (χ1n) is 8.95. The summed E-state index contributed by atoms with van der Waals surface area (Å²) in [7, 11) is 0. The molecule has 0 aliphatic carbocycles. The molecular weight excluding hydrogens is 290 g/mol. The van der Waals surface area contributed by atoms with Crippen LogP contribution in [0.4, 0.5) is 5.82 Å². The summed E-state index contributed by atoms with van der Waals surface area (Å²) < 4.78 is 11.5. The molecule has 3 atom stereocenters. The van der Waals surface area contributed by atoms with Gasteiger partial charge in [0.25, 0.3) is 0 Å². The number of nitrogens with one attached hydrogen (secondary N) is 1. The van der Waals surface area contributed by atoms with Gasteiger partial charge in [0, 0.05) is 57.4 Å². The van der Waals surface area contributed by atoms with Gasteiger partial charge in [-0.05, 0) is 30.9 Å². The van der Waals surface area contributed by atoms with E-state index in [9.17, 15) is 0 Å². The van der Waals surface area contributed by atoms with Crippen LogP contribution in [0.15, 0.2) is 24.4 Å². The van der Waals surface area contributed by atoms with Gasteiger partial charge in [-0.15, -0.1) is 0 Å². The SMILES string of the molecule is c1ccc(NC[C@H]2CO[C@@H]3CN(CC4CCOCC4)C[C@H]23)nc1. The Hall–Kier alpha value is -1.17. The summed E-state index contributed by atoms with van der Waals surface area (Å²) in [4.78, 5) is 6.97. The molecule has 0 amide bonds. The number of fused-ring (bicyclic) bond motifs is 1. The Morgan fingerprint density at radius 3 is 2.96 bits per heavy atom. The molecule has 0 aromatic carbocycles. The number of likely N-dealkylation sites (tertiary alicyclic amines) is 1. The van der Waals surface area contributed by atoms with Gasteiger partial charge in [0.15, 0.2) is 0 Å². The predicted octanol–water partition coefficient (Wildman–Crippen LogP) is 1.87. The van der Waals surface area contributed by atoms with Gasteiger partial charge < -0.3 is 19.7 Å². The lowest BCUT2D eigenvalue weighted by molar-refractivity contribution is 0.0489. The van der Waals surface area contributed by atoms with Gasteiger partial charge in [-0.2, -0.15) is 0 Å². The van der Waals surface area contributed by atoms with Crippen LogP contribution in [0.1, 0.15) is 12.8 Å². The van der Waals surface area contributed by atoms with Crippen molar-refractivity contribution in [1.82, 2.24) is 9.88 Å². The summed E-state index contributed by atoms with van der Waals surface area (Å²) in [5, 5.41) is 3.47. The van der Waals surface area contributed by atoms with Crippen LogP contribution < -0.4 is 5.32 Å². The number of nitrogens with zero attached hydrogens (tertiary/aromatic N) is 2. The van der Waals surface area contributed by atoms with Gasteiger partial charge in [-0.25, -0.2) is 4.98 Å². The zero-order valence-corrected chi connectivity index (χ0v) is 13.7. The van der Waals surface area contributed by atoms with Crippen LogP contribution in [-0.4, -0.2) is 62.0 Å². The largest absolute Gasteiger partial charge is 0.381 e. The van der Waals surface area contributed by atoms with Gasteiger partial charge in [0.2, 0.25) is 0 Å². The zero-order valence-electron chi connectivity index (χ0n) is 13.7. The van der Waals surface area contributed by atoms with Crippen molar-refractivity contribution in [3.8, 4) is 0 Å². The molecule has 0 bridgehead atoms. The van der Waals surface area contributed by atoms with E-state index >= 15 is 0 Å². The van der Waals surface area contributed by atoms with Crippen LogP contribution in [0.5, 0.6) is 0 Å². The highest BCUT2D eigenvalue weighted by Crippen LogP contribution is 2.34. The van der Waals surface area contributed by atoms with E-state index in [1.54, 1.807) is 0 Å². The summed E-state index contributed by atoms with van der Waals surface area (Å²) in [6, 6.07) is 6.00. The maximum Gasteiger partial charge on any atom is 0.125 e. The van der Waals surface area contributed by atoms with Crippen molar-refractivity contribution in [1.29, 1.82) is 0 Å². The normalized spacial score (nSPS) is 32.1. The topological polar surface area (TPSA) is 46.6 Å². The molecule has 1 aromatic rings. The van der Waals surface area contributed by atoms with Crippen molar-refractivity contribution in [3.63, 3.8) is 0 Å². The summed E-state index contributed by atoms with van der Waals surface area (Å²) in [6.45, 7) is 7.26. The van der Waals surface area contributed by atoms with Crippen molar-refractivity contribution in [2.24, 2.45) is 17.8 Å². The third-order valence-electron chi connectivity index (χ3n) is 5.58. The standard InChI is InChI=1S/C18H27N3O2/c1-2-6-19-18(3-1)20-9-15-13-23-17-12-21(11-16(15)17)10-14-4-7-22-8-5-14/h1-3,6,14-17H,4-5,7-13H2,(H,19,20)/t15-,16+,17+/m0/s1. The number of rotatable bonds is 5. The maximum absolute atomic E-state index is 6.07. The Labute approximate surface area is 138 Å². The van der Waals surface area contributed by atoms with E-state index in [4.69, 9.17) is 9.47 Å². The molecule has 0 spiro atoms. The molecule has 5 heteroatoms. The van der Waals surface area contributed by atoms with E-state index in [1.165, 1.54) is 25.9 Å². The Morgan fingerprint density at radius 1 is 1.22 bits per heavy atom. The number of hydrogen-bond acceptors (Lipinski definition) is 5. The second-order valence-corrected chi connectivity index (χ2v) is 7.17. The summed E-state index contributed by atoms with van der Waals surface area (Å²) in [5.74, 6) is 3.05. The molecule has 0 unspecified atom stereocenters. The van der Waals surface area contributed by atoms with Crippen LogP contribution in [0.3, 0.4) is 0 Å². The van der Waals surface area contributed by atoms with E-state index in [2.05, 4.69) is 15.2 Å². The molecule has 4 rings (SSSR count). The van der Waals surface area contributed by atoms with E-state index in [0.717, 1.165) is 44.6 Å². The summed E-state index contributed by atoms with van der Waals surface area (Å²) >= 11 is 0. The fraction of sp³-hybridized carbons (Fsp3) is 0.722. The van der Waals surface area contributed by atoms with E-state index in [-0.39, 0.29) is 0 Å². The number of hydrogen-bond donors (Lipinski definition) is 1. The maximum atomic E-state index is 6.07. The monoisotopic (exact) mass is 317 g/mol. The minimum atomic E-state index is 0.436. The van der Waals surface area contributed by atoms with Crippen LogP contribution in [0, 0.1) is 17.8 Å². The van der Waals surface area contributed by atoms with Gasteiger partial charge >= 0.3 is 0 Å². The molecule has 0 radical (unpaired) electrons. The predicted molar refractivity (Wildman–Crippen MR) is 89.4 cm³/mol. The Morgan fingerprint density at radius 2 is 2.13 bits per heavy atom. The number of ether oxygens (including phenoxy) is 2. The average Bonchev–Trinajstić information content (AvgIpc) is 3.15. The first-order chi connectivity index (χ1) is 11.4. The lowest BCUT2D eigenvalue weighted by Gasteiger charge is -2.27. The minimum Gasteiger partial charge on any atom is -0.381 e. The van der Waals surface area contributed by atoms with Crippen LogP contribution >= 0.6 is 0 Å². The Kier molecular flexibility index (Phi) is 4.78. The molecule has 3 saturated heterocycles. The fourth-order valence-electron chi connectivity index (χ4n) is 4.24. The first-order valence-corrected chi connectivity index (χ1v) is 8.95.